The van der Waals surface area contributed by atoms with Gasteiger partial charge in [-0.2, -0.15) is 0 Å². The number of H-pyrrole nitrogens is 1. The highest BCUT2D eigenvalue weighted by atomic mass is 32.1. The Labute approximate surface area is 225 Å². The molecule has 0 aliphatic heterocycles. The number of hydrogen-bond acceptors (Lipinski definition) is 7. The summed E-state index contributed by atoms with van der Waals surface area (Å²) < 4.78 is 5.79. The molecule has 1 aliphatic rings. The molecule has 1 aromatic carbocycles. The lowest BCUT2D eigenvalue weighted by Gasteiger charge is -2.33. The molecule has 8 heteroatoms. The number of imidazole rings is 1. The molecule has 5 aromatic rings. The number of nitrogens with two attached hydrogens (primary N) is 1. The summed E-state index contributed by atoms with van der Waals surface area (Å²) in [5.74, 6) is -0.265. The van der Waals surface area contributed by atoms with Gasteiger partial charge in [-0.1, -0.05) is 12.1 Å². The molecule has 0 saturated heterocycles. The zero-order valence-corrected chi connectivity index (χ0v) is 22.2. The fourth-order valence-electron chi connectivity index (χ4n) is 5.00. The number of carbonyl (C=O) groups excluding carboxylic acids is 1. The van der Waals surface area contributed by atoms with Crippen LogP contribution in [-0.2, 0) is 4.74 Å². The Balaban J connectivity index is 1.24. The number of nitrogens with zero attached hydrogens (tertiary/aromatic N) is 3. The predicted octanol–water partition coefficient (Wildman–Crippen LogP) is 6.54. The van der Waals surface area contributed by atoms with Crippen LogP contribution in [0.1, 0.15) is 48.0 Å². The van der Waals surface area contributed by atoms with Crippen molar-refractivity contribution in [3.05, 3.63) is 77.0 Å². The number of rotatable bonds is 5. The first-order chi connectivity index (χ1) is 18.3. The third kappa shape index (κ3) is 4.97. The van der Waals surface area contributed by atoms with Gasteiger partial charge in [-0.3, -0.25) is 9.97 Å². The molecule has 0 radical (unpaired) electrons. The van der Waals surface area contributed by atoms with Crippen molar-refractivity contribution in [2.24, 2.45) is 5.73 Å². The lowest BCUT2D eigenvalue weighted by Crippen LogP contribution is -2.42. The molecule has 4 heterocycles. The van der Waals surface area contributed by atoms with Gasteiger partial charge in [0.05, 0.1) is 28.9 Å². The molecule has 0 unspecified atom stereocenters. The van der Waals surface area contributed by atoms with E-state index in [0.717, 1.165) is 76.1 Å². The van der Waals surface area contributed by atoms with E-state index in [-0.39, 0.29) is 17.6 Å². The number of aromatic nitrogens is 4. The zero-order valence-electron chi connectivity index (χ0n) is 21.4. The smallest absolute Gasteiger partial charge is 0.348 e. The Hall–Kier alpha value is -3.88. The molecule has 1 fully saturated rings. The van der Waals surface area contributed by atoms with Crippen molar-refractivity contribution >= 4 is 28.2 Å². The fourth-order valence-corrected chi connectivity index (χ4v) is 5.80. The predicted molar refractivity (Wildman–Crippen MR) is 151 cm³/mol. The Kier molecular flexibility index (Phi) is 6.29. The van der Waals surface area contributed by atoms with Crippen LogP contribution in [0.4, 0.5) is 0 Å². The first-order valence-electron chi connectivity index (χ1n) is 12.8. The van der Waals surface area contributed by atoms with E-state index in [4.69, 9.17) is 10.5 Å². The Morgan fingerprint density at radius 2 is 1.89 bits per heavy atom. The first kappa shape index (κ1) is 24.5. The molecular weight excluding hydrogens is 494 g/mol. The molecule has 3 N–H and O–H groups in total. The van der Waals surface area contributed by atoms with E-state index in [1.165, 1.54) is 11.3 Å². The van der Waals surface area contributed by atoms with Crippen molar-refractivity contribution in [2.45, 2.75) is 51.2 Å². The van der Waals surface area contributed by atoms with Gasteiger partial charge in [0.2, 0.25) is 0 Å². The zero-order chi connectivity index (χ0) is 26.3. The van der Waals surface area contributed by atoms with Crippen LogP contribution >= 0.6 is 11.3 Å². The van der Waals surface area contributed by atoms with Gasteiger partial charge < -0.3 is 15.5 Å². The van der Waals surface area contributed by atoms with Gasteiger partial charge in [0, 0.05) is 33.9 Å². The number of carbonyl (C=O) groups is 1. The molecule has 1 saturated carbocycles. The number of nitrogens with one attached hydrogen (secondary N) is 1. The van der Waals surface area contributed by atoms with Gasteiger partial charge in [0.1, 0.15) is 11.0 Å². The first-order valence-corrected chi connectivity index (χ1v) is 13.7. The molecule has 0 bridgehead atoms. The normalized spacial score (nSPS) is 19.5. The van der Waals surface area contributed by atoms with Crippen molar-refractivity contribution in [2.75, 3.05) is 0 Å². The maximum Gasteiger partial charge on any atom is 0.348 e. The Bertz CT molecular complexity index is 1630. The number of aryl methyl sites for hydroxylation is 1. The molecule has 1 aliphatic carbocycles. The monoisotopic (exact) mass is 523 g/mol. The van der Waals surface area contributed by atoms with Crippen LogP contribution in [-0.4, -0.2) is 37.5 Å². The van der Waals surface area contributed by atoms with Gasteiger partial charge in [-0.25, -0.2) is 9.78 Å². The average Bonchev–Trinajstić information content (AvgIpc) is 3.60. The topological polar surface area (TPSA) is 107 Å². The van der Waals surface area contributed by atoms with Crippen molar-refractivity contribution in [1.29, 1.82) is 0 Å². The van der Waals surface area contributed by atoms with Crippen molar-refractivity contribution in [3.8, 4) is 33.8 Å². The van der Waals surface area contributed by atoms with E-state index >= 15 is 0 Å². The molecule has 0 amide bonds. The molecule has 0 spiro atoms. The third-order valence-corrected chi connectivity index (χ3v) is 8.13. The van der Waals surface area contributed by atoms with Gasteiger partial charge in [0.25, 0.3) is 0 Å². The molecule has 4 aromatic heterocycles. The van der Waals surface area contributed by atoms with E-state index in [1.807, 2.05) is 54.9 Å². The average molecular weight is 524 g/mol. The second-order valence-corrected chi connectivity index (χ2v) is 11.3. The van der Waals surface area contributed by atoms with Gasteiger partial charge >= 0.3 is 5.97 Å². The van der Waals surface area contributed by atoms with E-state index in [2.05, 4.69) is 39.0 Å². The molecular formula is C30H29N5O2S. The maximum absolute atomic E-state index is 12.8. The van der Waals surface area contributed by atoms with Gasteiger partial charge in [-0.05, 0) is 86.9 Å². The minimum Gasteiger partial charge on any atom is -0.458 e. The highest BCUT2D eigenvalue weighted by Gasteiger charge is 2.29. The number of ether oxygens (including phenoxy) is 1. The number of pyridine rings is 2. The van der Waals surface area contributed by atoms with Crippen LogP contribution in [0.5, 0.6) is 0 Å². The van der Waals surface area contributed by atoms with Crippen molar-refractivity contribution < 1.29 is 9.53 Å². The number of aromatic amines is 1. The third-order valence-electron chi connectivity index (χ3n) is 7.22. The van der Waals surface area contributed by atoms with Crippen LogP contribution in [0.2, 0.25) is 0 Å². The fraction of sp³-hybridized carbons (Fsp3) is 0.267. The Morgan fingerprint density at radius 1 is 1.08 bits per heavy atom. The quantitative estimate of drug-likeness (QED) is 0.253. The van der Waals surface area contributed by atoms with Gasteiger partial charge in [-0.15, -0.1) is 11.3 Å². The van der Waals surface area contributed by atoms with Crippen LogP contribution in [0.25, 0.3) is 44.7 Å². The van der Waals surface area contributed by atoms with Crippen LogP contribution in [0.15, 0.2) is 66.4 Å². The standard InChI is InChI=1S/C30H29N5O2S/c1-18-4-3-5-25(35-18)28-27(33-17-34-28)19-6-7-24-20(12-19)13-21(15-32-24)22-14-26(38-16-22)29(36)37-23-8-10-30(2,31)11-9-23/h3-7,12-17,23H,8-11,31H2,1-2H3,(H,33,34). The van der Waals surface area contributed by atoms with Crippen LogP contribution < -0.4 is 5.73 Å². The molecule has 192 valence electrons. The Morgan fingerprint density at radius 3 is 2.71 bits per heavy atom. The molecule has 38 heavy (non-hydrogen) atoms. The summed E-state index contributed by atoms with van der Waals surface area (Å²) in [4.78, 5) is 30.6. The number of benzene rings is 1. The van der Waals surface area contributed by atoms with E-state index < -0.39 is 0 Å². The molecule has 6 rings (SSSR count). The number of thiophene rings is 1. The summed E-state index contributed by atoms with van der Waals surface area (Å²) in [7, 11) is 0. The minimum absolute atomic E-state index is 0.0626. The summed E-state index contributed by atoms with van der Waals surface area (Å²) in [6.07, 6.45) is 6.84. The van der Waals surface area contributed by atoms with Crippen molar-refractivity contribution in [1.82, 2.24) is 19.9 Å². The molecule has 7 nitrogen and oxygen atoms in total. The van der Waals surface area contributed by atoms with Gasteiger partial charge in [0.15, 0.2) is 0 Å². The van der Waals surface area contributed by atoms with E-state index in [9.17, 15) is 4.79 Å². The summed E-state index contributed by atoms with van der Waals surface area (Å²) in [5, 5.41) is 2.98. The van der Waals surface area contributed by atoms with E-state index in [1.54, 1.807) is 6.33 Å². The second-order valence-electron chi connectivity index (χ2n) is 10.4. The maximum atomic E-state index is 12.8. The molecule has 0 atom stereocenters. The number of fused-ring (bicyclic) bond motifs is 1. The number of esters is 1. The second kappa shape index (κ2) is 9.78. The van der Waals surface area contributed by atoms with E-state index in [0.29, 0.717) is 4.88 Å². The largest absolute Gasteiger partial charge is 0.458 e. The summed E-state index contributed by atoms with van der Waals surface area (Å²) in [6.45, 7) is 4.04. The highest BCUT2D eigenvalue weighted by molar-refractivity contribution is 7.12. The van der Waals surface area contributed by atoms with Crippen LogP contribution in [0, 0.1) is 6.92 Å². The minimum atomic E-state index is -0.265. The van der Waals surface area contributed by atoms with Crippen LogP contribution in [0.3, 0.4) is 0 Å². The summed E-state index contributed by atoms with van der Waals surface area (Å²) >= 11 is 1.40. The SMILES string of the molecule is Cc1cccc(-c2[nH]cnc2-c2ccc3ncc(-c4csc(C(=O)OC5CCC(C)(N)CC5)c4)cc3c2)n1. The lowest BCUT2D eigenvalue weighted by molar-refractivity contribution is 0.0158. The highest BCUT2D eigenvalue weighted by Crippen LogP contribution is 2.33. The van der Waals surface area contributed by atoms with Crippen molar-refractivity contribution in [3.63, 3.8) is 0 Å². The lowest BCUT2D eigenvalue weighted by atomic mass is 9.83. The number of hydrogen-bond donors (Lipinski definition) is 2. The summed E-state index contributed by atoms with van der Waals surface area (Å²) in [6, 6.07) is 16.1. The summed E-state index contributed by atoms with van der Waals surface area (Å²) in [5.41, 5.74) is 13.4.